The Morgan fingerprint density at radius 2 is 2.00 bits per heavy atom. The highest BCUT2D eigenvalue weighted by Crippen LogP contribution is 2.34. The molecule has 0 bridgehead atoms. The molecule has 0 spiro atoms. The van der Waals surface area contributed by atoms with Crippen LogP contribution in [0.4, 0.5) is 0 Å². The molecule has 27 heavy (non-hydrogen) atoms. The molecule has 6 nitrogen and oxygen atoms in total. The van der Waals surface area contributed by atoms with E-state index in [1.807, 2.05) is 6.07 Å². The molecule has 1 aliphatic carbocycles. The first-order valence-corrected chi connectivity index (χ1v) is 9.17. The summed E-state index contributed by atoms with van der Waals surface area (Å²) in [7, 11) is 1.68. The van der Waals surface area contributed by atoms with Gasteiger partial charge in [-0.1, -0.05) is 17.7 Å². The fourth-order valence-corrected chi connectivity index (χ4v) is 3.76. The lowest BCUT2D eigenvalue weighted by Crippen LogP contribution is -2.30. The number of nitrogens with zero attached hydrogens (tertiary/aromatic N) is 4. The van der Waals surface area contributed by atoms with E-state index < -0.39 is 0 Å². The lowest BCUT2D eigenvalue weighted by Gasteiger charge is -2.26. The number of fused-ring (bicyclic) bond motifs is 1. The fraction of sp³-hybridized carbons (Fsp3) is 0.300. The lowest BCUT2D eigenvalue weighted by atomic mass is 9.80. The summed E-state index contributed by atoms with van der Waals surface area (Å²) in [5.74, 6) is 1.43. The van der Waals surface area contributed by atoms with Crippen molar-refractivity contribution in [3.8, 4) is 11.7 Å². The highest BCUT2D eigenvalue weighted by molar-refractivity contribution is 6.30. The van der Waals surface area contributed by atoms with Gasteiger partial charge in [-0.15, -0.1) is 0 Å². The van der Waals surface area contributed by atoms with Gasteiger partial charge in [0, 0.05) is 5.56 Å². The first-order chi connectivity index (χ1) is 13.1. The van der Waals surface area contributed by atoms with Crippen molar-refractivity contribution in [1.29, 1.82) is 0 Å². The van der Waals surface area contributed by atoms with E-state index in [-0.39, 0.29) is 11.5 Å². The summed E-state index contributed by atoms with van der Waals surface area (Å²) >= 11 is 5.82. The van der Waals surface area contributed by atoms with Gasteiger partial charge in [0.1, 0.15) is 5.75 Å². The van der Waals surface area contributed by atoms with Crippen molar-refractivity contribution in [2.45, 2.75) is 32.1 Å². The second kappa shape index (κ2) is 7.12. The molecule has 2 aromatic heterocycles. The second-order valence-corrected chi connectivity index (χ2v) is 7.17. The highest BCUT2D eigenvalue weighted by Gasteiger charge is 2.25. The van der Waals surface area contributed by atoms with Crippen LogP contribution in [0.2, 0.25) is 5.02 Å². The zero-order chi connectivity index (χ0) is 19.0. The van der Waals surface area contributed by atoms with Gasteiger partial charge in [-0.3, -0.25) is 4.79 Å². The number of aromatic nitrogens is 4. The van der Waals surface area contributed by atoms with Gasteiger partial charge in [-0.05, 0) is 60.9 Å². The molecule has 0 saturated carbocycles. The number of ether oxygens (including phenoxy) is 1. The van der Waals surface area contributed by atoms with E-state index in [1.54, 1.807) is 13.3 Å². The molecular formula is C20H19ClN4O2. The Balaban J connectivity index is 1.68. The maximum Gasteiger partial charge on any atom is 0.277 e. The molecule has 1 atom stereocenters. The molecule has 1 aliphatic rings. The summed E-state index contributed by atoms with van der Waals surface area (Å²) in [5.41, 5.74) is 4.13. The van der Waals surface area contributed by atoms with Crippen LogP contribution in [-0.2, 0) is 12.8 Å². The van der Waals surface area contributed by atoms with Crippen LogP contribution in [0.25, 0.3) is 5.95 Å². The van der Waals surface area contributed by atoms with Crippen molar-refractivity contribution in [3.63, 3.8) is 0 Å². The van der Waals surface area contributed by atoms with E-state index in [2.05, 4.69) is 34.1 Å². The standard InChI is InChI=1S/C20H19ClN4O2/c1-12-3-5-16(27-2)8-18(12)13-4-6-17-14(7-13)9-24-25(19(17)26)20-22-10-15(21)11-23-20/h3,5,8-11,13H,4,6-7H2,1-2H3. The Hall–Kier alpha value is -2.73. The number of aryl methyl sites for hydroxylation is 1. The summed E-state index contributed by atoms with van der Waals surface area (Å²) in [5, 5.41) is 4.70. The lowest BCUT2D eigenvalue weighted by molar-refractivity contribution is 0.413. The van der Waals surface area contributed by atoms with Crippen LogP contribution >= 0.6 is 11.6 Å². The first kappa shape index (κ1) is 17.7. The number of rotatable bonds is 3. The van der Waals surface area contributed by atoms with Gasteiger partial charge in [0.05, 0.1) is 30.7 Å². The molecule has 7 heteroatoms. The molecule has 4 rings (SSSR count). The normalized spacial score (nSPS) is 16.0. The van der Waals surface area contributed by atoms with E-state index in [0.717, 1.165) is 29.7 Å². The minimum atomic E-state index is -0.157. The van der Waals surface area contributed by atoms with Gasteiger partial charge >= 0.3 is 0 Å². The molecular weight excluding hydrogens is 364 g/mol. The van der Waals surface area contributed by atoms with Gasteiger partial charge in [-0.25, -0.2) is 9.97 Å². The Labute approximate surface area is 161 Å². The molecule has 0 aliphatic heterocycles. The second-order valence-electron chi connectivity index (χ2n) is 6.73. The average molecular weight is 383 g/mol. The van der Waals surface area contributed by atoms with Gasteiger partial charge in [0.15, 0.2) is 0 Å². The molecule has 138 valence electrons. The quantitative estimate of drug-likeness (QED) is 0.695. The highest BCUT2D eigenvalue weighted by atomic mass is 35.5. The molecule has 1 unspecified atom stereocenters. The molecule has 0 radical (unpaired) electrons. The third-order valence-electron chi connectivity index (χ3n) is 5.10. The molecule has 0 N–H and O–H groups in total. The molecule has 2 heterocycles. The van der Waals surface area contributed by atoms with Crippen molar-refractivity contribution < 1.29 is 4.74 Å². The maximum absolute atomic E-state index is 12.9. The molecule has 0 saturated heterocycles. The van der Waals surface area contributed by atoms with E-state index >= 15 is 0 Å². The number of methoxy groups -OCH3 is 1. The minimum Gasteiger partial charge on any atom is -0.497 e. The number of halogens is 1. The number of hydrogen-bond acceptors (Lipinski definition) is 5. The van der Waals surface area contributed by atoms with Crippen LogP contribution in [0.5, 0.6) is 5.75 Å². The average Bonchev–Trinajstić information content (AvgIpc) is 2.69. The van der Waals surface area contributed by atoms with Crippen LogP contribution in [-0.4, -0.2) is 26.9 Å². The van der Waals surface area contributed by atoms with Crippen LogP contribution in [0, 0.1) is 6.92 Å². The number of benzene rings is 1. The predicted octanol–water partition coefficient (Wildman–Crippen LogP) is 3.27. The summed E-state index contributed by atoms with van der Waals surface area (Å²) in [4.78, 5) is 21.1. The van der Waals surface area contributed by atoms with Crippen molar-refractivity contribution in [1.82, 2.24) is 19.7 Å². The Morgan fingerprint density at radius 3 is 2.74 bits per heavy atom. The zero-order valence-corrected chi connectivity index (χ0v) is 15.9. The Bertz CT molecular complexity index is 1050. The van der Waals surface area contributed by atoms with Crippen LogP contribution in [0.1, 0.15) is 34.6 Å². The fourth-order valence-electron chi connectivity index (χ4n) is 3.66. The summed E-state index contributed by atoms with van der Waals surface area (Å²) < 4.78 is 6.62. The minimum absolute atomic E-state index is 0.157. The smallest absolute Gasteiger partial charge is 0.277 e. The van der Waals surface area contributed by atoms with Gasteiger partial charge in [-0.2, -0.15) is 9.78 Å². The van der Waals surface area contributed by atoms with E-state index in [1.165, 1.54) is 28.2 Å². The van der Waals surface area contributed by atoms with Crippen LogP contribution in [0.3, 0.4) is 0 Å². The molecule has 1 aromatic carbocycles. The predicted molar refractivity (Wildman–Crippen MR) is 103 cm³/mol. The zero-order valence-electron chi connectivity index (χ0n) is 15.1. The molecule has 0 fully saturated rings. The van der Waals surface area contributed by atoms with E-state index in [9.17, 15) is 4.79 Å². The topological polar surface area (TPSA) is 69.9 Å². The Morgan fingerprint density at radius 1 is 1.22 bits per heavy atom. The van der Waals surface area contributed by atoms with Crippen LogP contribution in [0.15, 0.2) is 41.6 Å². The van der Waals surface area contributed by atoms with Crippen LogP contribution < -0.4 is 10.3 Å². The third kappa shape index (κ3) is 3.32. The van der Waals surface area contributed by atoms with Crippen molar-refractivity contribution in [2.24, 2.45) is 0 Å². The summed E-state index contributed by atoms with van der Waals surface area (Å²) in [6.07, 6.45) is 7.07. The maximum atomic E-state index is 12.9. The van der Waals surface area contributed by atoms with E-state index in [0.29, 0.717) is 17.4 Å². The largest absolute Gasteiger partial charge is 0.497 e. The third-order valence-corrected chi connectivity index (χ3v) is 5.29. The van der Waals surface area contributed by atoms with Gasteiger partial charge in [0.2, 0.25) is 0 Å². The van der Waals surface area contributed by atoms with Crippen molar-refractivity contribution >= 4 is 11.6 Å². The summed E-state index contributed by atoms with van der Waals surface area (Å²) in [6, 6.07) is 6.15. The first-order valence-electron chi connectivity index (χ1n) is 8.79. The SMILES string of the molecule is COc1ccc(C)c(C2CCc3c(cnn(-c4ncc(Cl)cn4)c3=O)C2)c1. The summed E-state index contributed by atoms with van der Waals surface area (Å²) in [6.45, 7) is 2.11. The van der Waals surface area contributed by atoms with Crippen molar-refractivity contribution in [3.05, 3.63) is 74.4 Å². The Kier molecular flexibility index (Phi) is 4.66. The van der Waals surface area contributed by atoms with Gasteiger partial charge in [0.25, 0.3) is 11.5 Å². The molecule has 0 amide bonds. The number of hydrogen-bond donors (Lipinski definition) is 0. The van der Waals surface area contributed by atoms with E-state index in [4.69, 9.17) is 16.3 Å². The van der Waals surface area contributed by atoms with Crippen molar-refractivity contribution in [2.75, 3.05) is 7.11 Å². The molecule has 3 aromatic rings. The monoisotopic (exact) mass is 382 g/mol. The van der Waals surface area contributed by atoms with Gasteiger partial charge < -0.3 is 4.74 Å².